The molecule has 1 heterocycles. The van der Waals surface area contributed by atoms with Gasteiger partial charge in [-0.15, -0.1) is 0 Å². The van der Waals surface area contributed by atoms with E-state index in [1.54, 1.807) is 24.3 Å². The van der Waals surface area contributed by atoms with Crippen molar-refractivity contribution in [2.45, 2.75) is 33.6 Å². The van der Waals surface area contributed by atoms with Crippen molar-refractivity contribution in [2.24, 2.45) is 0 Å². The van der Waals surface area contributed by atoms with Crippen LogP contribution in [0.15, 0.2) is 24.3 Å². The van der Waals surface area contributed by atoms with Crippen molar-refractivity contribution in [3.05, 3.63) is 35.4 Å². The van der Waals surface area contributed by atoms with E-state index in [-0.39, 0.29) is 11.8 Å². The molecule has 0 unspecified atom stereocenters. The number of benzene rings is 1. The molecule has 138 valence electrons. The van der Waals surface area contributed by atoms with Crippen LogP contribution in [0.5, 0.6) is 0 Å². The van der Waals surface area contributed by atoms with Crippen molar-refractivity contribution in [3.8, 4) is 0 Å². The molecule has 1 aromatic carbocycles. The van der Waals surface area contributed by atoms with Crippen LogP contribution in [0.25, 0.3) is 0 Å². The quantitative estimate of drug-likeness (QED) is 0.763. The third-order valence-corrected chi connectivity index (χ3v) is 4.76. The Labute approximate surface area is 151 Å². The highest BCUT2D eigenvalue weighted by atomic mass is 16.2. The number of carbonyl (C=O) groups is 2. The Bertz CT molecular complexity index is 557. The molecule has 1 aliphatic heterocycles. The molecule has 1 aromatic rings. The van der Waals surface area contributed by atoms with Crippen molar-refractivity contribution in [2.75, 3.05) is 45.8 Å². The van der Waals surface area contributed by atoms with Gasteiger partial charge in [0.05, 0.1) is 0 Å². The van der Waals surface area contributed by atoms with E-state index in [4.69, 9.17) is 0 Å². The molecule has 0 aliphatic carbocycles. The fourth-order valence-corrected chi connectivity index (χ4v) is 3.24. The van der Waals surface area contributed by atoms with E-state index in [9.17, 15) is 9.59 Å². The largest absolute Gasteiger partial charge is 0.339 e. The van der Waals surface area contributed by atoms with Gasteiger partial charge < -0.3 is 14.7 Å². The van der Waals surface area contributed by atoms with E-state index in [0.29, 0.717) is 11.1 Å². The van der Waals surface area contributed by atoms with Gasteiger partial charge >= 0.3 is 0 Å². The number of nitrogens with zero attached hydrogens (tertiary/aromatic N) is 3. The lowest BCUT2D eigenvalue weighted by Gasteiger charge is -2.34. The summed E-state index contributed by atoms with van der Waals surface area (Å²) in [6, 6.07) is 7.15. The van der Waals surface area contributed by atoms with Crippen LogP contribution in [0.4, 0.5) is 0 Å². The monoisotopic (exact) mass is 345 g/mol. The van der Waals surface area contributed by atoms with Gasteiger partial charge in [0.25, 0.3) is 11.8 Å². The molecule has 5 nitrogen and oxygen atoms in total. The minimum Gasteiger partial charge on any atom is -0.339 e. The van der Waals surface area contributed by atoms with Crippen LogP contribution in [0.1, 0.15) is 54.3 Å². The SMILES string of the molecule is CCCN(CCC)C(=O)c1ccc(C(=O)N2CCN(CC)CC2)cc1. The molecule has 0 saturated carbocycles. The Kier molecular flexibility index (Phi) is 7.44. The van der Waals surface area contributed by atoms with Crippen LogP contribution >= 0.6 is 0 Å². The molecular formula is C20H31N3O2. The summed E-state index contributed by atoms with van der Waals surface area (Å²) in [6.07, 6.45) is 1.90. The van der Waals surface area contributed by atoms with Crippen LogP contribution < -0.4 is 0 Å². The number of rotatable bonds is 7. The van der Waals surface area contributed by atoms with Crippen molar-refractivity contribution < 1.29 is 9.59 Å². The van der Waals surface area contributed by atoms with Gasteiger partial charge in [-0.1, -0.05) is 20.8 Å². The van der Waals surface area contributed by atoms with Gasteiger partial charge in [0.1, 0.15) is 0 Å². The van der Waals surface area contributed by atoms with Gasteiger partial charge in [-0.25, -0.2) is 0 Å². The van der Waals surface area contributed by atoms with E-state index >= 15 is 0 Å². The summed E-state index contributed by atoms with van der Waals surface area (Å²) >= 11 is 0. The zero-order valence-electron chi connectivity index (χ0n) is 15.8. The first-order valence-corrected chi connectivity index (χ1v) is 9.51. The van der Waals surface area contributed by atoms with Crippen molar-refractivity contribution in [1.29, 1.82) is 0 Å². The first-order valence-electron chi connectivity index (χ1n) is 9.51. The van der Waals surface area contributed by atoms with Crippen LogP contribution in [-0.4, -0.2) is 72.3 Å². The Morgan fingerprint density at radius 2 is 1.40 bits per heavy atom. The molecule has 1 aliphatic rings. The lowest BCUT2D eigenvalue weighted by molar-refractivity contribution is 0.0642. The van der Waals surface area contributed by atoms with E-state index in [1.165, 1.54) is 0 Å². The van der Waals surface area contributed by atoms with Crippen LogP contribution in [0.3, 0.4) is 0 Å². The van der Waals surface area contributed by atoms with E-state index in [0.717, 1.165) is 58.7 Å². The van der Waals surface area contributed by atoms with Crippen LogP contribution in [0.2, 0.25) is 0 Å². The average Bonchev–Trinajstić information content (AvgIpc) is 2.67. The lowest BCUT2D eigenvalue weighted by atomic mass is 10.1. The molecule has 0 radical (unpaired) electrons. The predicted molar refractivity (Wildman–Crippen MR) is 101 cm³/mol. The fourth-order valence-electron chi connectivity index (χ4n) is 3.24. The zero-order chi connectivity index (χ0) is 18.2. The standard InChI is InChI=1S/C20H31N3O2/c1-4-11-22(12-5-2)19(24)17-7-9-18(10-8-17)20(25)23-15-13-21(6-3)14-16-23/h7-10H,4-6,11-16H2,1-3H3. The number of carbonyl (C=O) groups excluding carboxylic acids is 2. The number of likely N-dealkylation sites (N-methyl/N-ethyl adjacent to an activating group) is 1. The highest BCUT2D eigenvalue weighted by Crippen LogP contribution is 2.12. The van der Waals surface area contributed by atoms with E-state index < -0.39 is 0 Å². The topological polar surface area (TPSA) is 43.9 Å². The van der Waals surface area contributed by atoms with Gasteiger partial charge in [-0.3, -0.25) is 9.59 Å². The molecule has 0 bridgehead atoms. The third kappa shape index (κ3) is 5.05. The minimum atomic E-state index is 0.0549. The molecule has 2 rings (SSSR count). The van der Waals surface area contributed by atoms with Gasteiger partial charge in [-0.2, -0.15) is 0 Å². The summed E-state index contributed by atoms with van der Waals surface area (Å²) in [5.41, 5.74) is 1.33. The Morgan fingerprint density at radius 1 is 0.880 bits per heavy atom. The first-order chi connectivity index (χ1) is 12.1. The first kappa shape index (κ1) is 19.4. The fraction of sp³-hybridized carbons (Fsp3) is 0.600. The average molecular weight is 345 g/mol. The van der Waals surface area contributed by atoms with Crippen molar-refractivity contribution in [1.82, 2.24) is 14.7 Å². The zero-order valence-corrected chi connectivity index (χ0v) is 15.8. The number of piperazine rings is 1. The van der Waals surface area contributed by atoms with Crippen LogP contribution in [-0.2, 0) is 0 Å². The second kappa shape index (κ2) is 9.56. The second-order valence-corrected chi connectivity index (χ2v) is 6.60. The normalized spacial score (nSPS) is 15.2. The molecular weight excluding hydrogens is 314 g/mol. The molecule has 5 heteroatoms. The van der Waals surface area contributed by atoms with Crippen molar-refractivity contribution >= 4 is 11.8 Å². The second-order valence-electron chi connectivity index (χ2n) is 6.60. The maximum Gasteiger partial charge on any atom is 0.253 e. The molecule has 0 atom stereocenters. The summed E-state index contributed by atoms with van der Waals surface area (Å²) in [5, 5.41) is 0. The molecule has 25 heavy (non-hydrogen) atoms. The molecule has 0 N–H and O–H groups in total. The van der Waals surface area contributed by atoms with Gasteiger partial charge in [0.2, 0.25) is 0 Å². The number of hydrogen-bond donors (Lipinski definition) is 0. The molecule has 1 saturated heterocycles. The smallest absolute Gasteiger partial charge is 0.253 e. The minimum absolute atomic E-state index is 0.0549. The summed E-state index contributed by atoms with van der Waals surface area (Å²) in [4.78, 5) is 31.4. The maximum absolute atomic E-state index is 12.6. The highest BCUT2D eigenvalue weighted by molar-refractivity contribution is 5.97. The molecule has 2 amide bonds. The van der Waals surface area contributed by atoms with E-state index in [1.807, 2.05) is 9.80 Å². The maximum atomic E-state index is 12.6. The van der Waals surface area contributed by atoms with Crippen molar-refractivity contribution in [3.63, 3.8) is 0 Å². The van der Waals surface area contributed by atoms with Gasteiger partial charge in [0, 0.05) is 50.4 Å². The predicted octanol–water partition coefficient (Wildman–Crippen LogP) is 2.73. The molecule has 0 aromatic heterocycles. The van der Waals surface area contributed by atoms with Crippen LogP contribution in [0, 0.1) is 0 Å². The summed E-state index contributed by atoms with van der Waals surface area (Å²) in [6.45, 7) is 12.3. The van der Waals surface area contributed by atoms with E-state index in [2.05, 4.69) is 25.7 Å². The Balaban J connectivity index is 2.01. The molecule has 0 spiro atoms. The highest BCUT2D eigenvalue weighted by Gasteiger charge is 2.22. The molecule has 1 fully saturated rings. The number of amides is 2. The lowest BCUT2D eigenvalue weighted by Crippen LogP contribution is -2.48. The van der Waals surface area contributed by atoms with Gasteiger partial charge in [-0.05, 0) is 43.7 Å². The number of hydrogen-bond acceptors (Lipinski definition) is 3. The summed E-state index contributed by atoms with van der Waals surface area (Å²) in [5.74, 6) is 0.119. The Hall–Kier alpha value is -1.88. The summed E-state index contributed by atoms with van der Waals surface area (Å²) < 4.78 is 0. The Morgan fingerprint density at radius 3 is 1.88 bits per heavy atom. The summed E-state index contributed by atoms with van der Waals surface area (Å²) in [7, 11) is 0. The van der Waals surface area contributed by atoms with Gasteiger partial charge in [0.15, 0.2) is 0 Å². The third-order valence-electron chi connectivity index (χ3n) is 4.76.